The lowest BCUT2D eigenvalue weighted by Crippen LogP contribution is -2.09. The Labute approximate surface area is 209 Å². The Kier molecular flexibility index (Phi) is 6.10. The minimum atomic E-state index is -0.565. The van der Waals surface area contributed by atoms with Crippen molar-refractivity contribution in [2.75, 3.05) is 6.61 Å². The number of fused-ring (bicyclic) bond motifs is 2. The summed E-state index contributed by atoms with van der Waals surface area (Å²) < 4.78 is 22.8. The van der Waals surface area contributed by atoms with E-state index in [1.165, 1.54) is 5.56 Å². The summed E-state index contributed by atoms with van der Waals surface area (Å²) in [5, 5.41) is 0.616. The van der Waals surface area contributed by atoms with Gasteiger partial charge in [0.2, 0.25) is 5.78 Å². The second-order valence-corrected chi connectivity index (χ2v) is 8.93. The lowest BCUT2D eigenvalue weighted by atomic mass is 10.0. The molecule has 0 atom stereocenters. The molecular formula is C30H26O6. The van der Waals surface area contributed by atoms with E-state index < -0.39 is 5.97 Å². The Morgan fingerprint density at radius 3 is 2.47 bits per heavy atom. The zero-order chi connectivity index (χ0) is 25.4. The normalized spacial score (nSPS) is 13.8. The molecule has 1 aliphatic rings. The van der Waals surface area contributed by atoms with Gasteiger partial charge in [-0.3, -0.25) is 4.79 Å². The van der Waals surface area contributed by atoms with Crippen molar-refractivity contribution in [3.63, 3.8) is 0 Å². The second kappa shape index (κ2) is 9.38. The molecule has 2 heterocycles. The van der Waals surface area contributed by atoms with E-state index in [4.69, 9.17) is 18.6 Å². The summed E-state index contributed by atoms with van der Waals surface area (Å²) in [6, 6.07) is 18.1. The number of aryl methyl sites for hydroxylation is 1. The molecule has 0 bridgehead atoms. The summed E-state index contributed by atoms with van der Waals surface area (Å²) >= 11 is 0. The van der Waals surface area contributed by atoms with Gasteiger partial charge in [0.25, 0.3) is 0 Å². The third kappa shape index (κ3) is 4.38. The number of ketones is 1. The largest absolute Gasteiger partial charge is 0.494 e. The number of Topliss-reactive ketones (excluding diaryl/α,β-unsaturated/α-hetero) is 1. The van der Waals surface area contributed by atoms with Crippen LogP contribution in [-0.4, -0.2) is 18.4 Å². The summed E-state index contributed by atoms with van der Waals surface area (Å²) in [6.07, 6.45) is 1.72. The zero-order valence-corrected chi connectivity index (χ0v) is 20.6. The van der Waals surface area contributed by atoms with Crippen LogP contribution in [-0.2, 0) is 0 Å². The van der Waals surface area contributed by atoms with E-state index in [9.17, 15) is 9.59 Å². The molecule has 0 radical (unpaired) electrons. The van der Waals surface area contributed by atoms with Gasteiger partial charge >= 0.3 is 5.97 Å². The van der Waals surface area contributed by atoms with Crippen molar-refractivity contribution in [1.29, 1.82) is 0 Å². The predicted octanol–water partition coefficient (Wildman–Crippen LogP) is 7.10. The molecule has 0 aliphatic carbocycles. The van der Waals surface area contributed by atoms with Crippen LogP contribution in [0.25, 0.3) is 17.0 Å². The quantitative estimate of drug-likeness (QED) is 0.166. The molecule has 6 nitrogen and oxygen atoms in total. The van der Waals surface area contributed by atoms with Gasteiger partial charge in [0.1, 0.15) is 34.2 Å². The maximum atomic E-state index is 13.1. The van der Waals surface area contributed by atoms with Crippen molar-refractivity contribution in [2.24, 2.45) is 0 Å². The fourth-order valence-electron chi connectivity index (χ4n) is 4.23. The van der Waals surface area contributed by atoms with Crippen LogP contribution in [0.4, 0.5) is 0 Å². The summed E-state index contributed by atoms with van der Waals surface area (Å²) in [6.45, 7) is 8.38. The molecule has 0 saturated carbocycles. The van der Waals surface area contributed by atoms with Crippen molar-refractivity contribution in [3.05, 3.63) is 94.4 Å². The summed E-state index contributed by atoms with van der Waals surface area (Å²) in [7, 11) is 0. The molecule has 0 unspecified atom stereocenters. The molecule has 1 aromatic heterocycles. The summed E-state index contributed by atoms with van der Waals surface area (Å²) in [5.41, 5.74) is 3.42. The van der Waals surface area contributed by atoms with Crippen LogP contribution in [0.5, 0.6) is 17.2 Å². The van der Waals surface area contributed by atoms with E-state index in [1.54, 1.807) is 49.4 Å². The highest BCUT2D eigenvalue weighted by atomic mass is 16.5. The van der Waals surface area contributed by atoms with Crippen LogP contribution in [0.1, 0.15) is 64.3 Å². The maximum absolute atomic E-state index is 13.1. The van der Waals surface area contributed by atoms with Crippen molar-refractivity contribution >= 4 is 28.8 Å². The molecule has 182 valence electrons. The summed E-state index contributed by atoms with van der Waals surface area (Å²) in [5.74, 6) is 1.59. The Morgan fingerprint density at radius 1 is 1.00 bits per heavy atom. The van der Waals surface area contributed by atoms with E-state index in [2.05, 4.69) is 13.8 Å². The number of carbonyl (C=O) groups excluding carboxylic acids is 2. The van der Waals surface area contributed by atoms with Crippen LogP contribution in [0.3, 0.4) is 0 Å². The van der Waals surface area contributed by atoms with Gasteiger partial charge in [0, 0.05) is 11.5 Å². The minimum Gasteiger partial charge on any atom is -0.494 e. The average molecular weight is 483 g/mol. The molecule has 5 rings (SSSR count). The van der Waals surface area contributed by atoms with Crippen LogP contribution < -0.4 is 14.2 Å². The predicted molar refractivity (Wildman–Crippen MR) is 137 cm³/mol. The summed E-state index contributed by atoms with van der Waals surface area (Å²) in [4.78, 5) is 25.9. The fourth-order valence-corrected chi connectivity index (χ4v) is 4.23. The number of esters is 1. The molecule has 4 aromatic rings. The average Bonchev–Trinajstić information content (AvgIpc) is 3.34. The van der Waals surface area contributed by atoms with Crippen molar-refractivity contribution < 1.29 is 28.2 Å². The van der Waals surface area contributed by atoms with E-state index in [1.807, 2.05) is 31.2 Å². The topological polar surface area (TPSA) is 75.0 Å². The molecule has 3 aromatic carbocycles. The number of furan rings is 1. The van der Waals surface area contributed by atoms with Crippen LogP contribution in [0, 0.1) is 6.92 Å². The van der Waals surface area contributed by atoms with Crippen molar-refractivity contribution in [1.82, 2.24) is 0 Å². The highest BCUT2D eigenvalue weighted by Gasteiger charge is 2.28. The second-order valence-electron chi connectivity index (χ2n) is 8.93. The minimum absolute atomic E-state index is 0.212. The Morgan fingerprint density at radius 2 is 1.75 bits per heavy atom. The van der Waals surface area contributed by atoms with Gasteiger partial charge in [0.05, 0.1) is 12.2 Å². The van der Waals surface area contributed by atoms with Gasteiger partial charge < -0.3 is 18.6 Å². The van der Waals surface area contributed by atoms with E-state index in [-0.39, 0.29) is 17.3 Å². The Balaban J connectivity index is 1.37. The van der Waals surface area contributed by atoms with Gasteiger partial charge in [-0.05, 0) is 67.3 Å². The van der Waals surface area contributed by atoms with E-state index in [0.717, 1.165) is 5.56 Å². The van der Waals surface area contributed by atoms with Crippen LogP contribution >= 0.6 is 0 Å². The lowest BCUT2D eigenvalue weighted by Gasteiger charge is -2.06. The molecule has 0 fully saturated rings. The molecule has 0 amide bonds. The highest BCUT2D eigenvalue weighted by Crippen LogP contribution is 2.36. The number of hydrogen-bond acceptors (Lipinski definition) is 6. The number of hydrogen-bond donors (Lipinski definition) is 0. The van der Waals surface area contributed by atoms with Crippen LogP contribution in [0.2, 0.25) is 0 Å². The molecule has 6 heteroatoms. The van der Waals surface area contributed by atoms with Gasteiger partial charge in [-0.25, -0.2) is 4.79 Å². The Hall–Kier alpha value is -4.32. The first-order valence-corrected chi connectivity index (χ1v) is 11.9. The Bertz CT molecular complexity index is 1500. The first-order chi connectivity index (χ1) is 17.3. The number of ether oxygens (including phenoxy) is 3. The van der Waals surface area contributed by atoms with Gasteiger partial charge in [-0.15, -0.1) is 0 Å². The first kappa shape index (κ1) is 23.4. The fraction of sp³-hybridized carbons (Fsp3) is 0.200. The molecule has 0 spiro atoms. The highest BCUT2D eigenvalue weighted by molar-refractivity contribution is 6.14. The number of allylic oxidation sites excluding steroid dienone is 1. The van der Waals surface area contributed by atoms with Gasteiger partial charge in [-0.2, -0.15) is 0 Å². The SMILES string of the molecule is CCOc1ccc2oc(C)c(C(=O)Oc3ccc4c(c3)OC(=Cc3ccc(C(C)C)cc3)C4=O)c2c1. The zero-order valence-electron chi connectivity index (χ0n) is 20.6. The molecular weight excluding hydrogens is 456 g/mol. The monoisotopic (exact) mass is 482 g/mol. The van der Waals surface area contributed by atoms with Crippen LogP contribution in [0.15, 0.2) is 70.8 Å². The van der Waals surface area contributed by atoms with Crippen molar-refractivity contribution in [3.8, 4) is 17.2 Å². The number of rotatable bonds is 6. The van der Waals surface area contributed by atoms with Gasteiger partial charge in [-0.1, -0.05) is 38.1 Å². The van der Waals surface area contributed by atoms with Gasteiger partial charge in [0.15, 0.2) is 5.76 Å². The van der Waals surface area contributed by atoms with E-state index in [0.29, 0.717) is 51.9 Å². The smallest absolute Gasteiger partial charge is 0.347 e. The molecule has 0 saturated heterocycles. The number of benzene rings is 3. The molecule has 1 aliphatic heterocycles. The third-order valence-corrected chi connectivity index (χ3v) is 6.10. The lowest BCUT2D eigenvalue weighted by molar-refractivity contribution is 0.0734. The molecule has 0 N–H and O–H groups in total. The molecule has 36 heavy (non-hydrogen) atoms. The van der Waals surface area contributed by atoms with Crippen molar-refractivity contribution in [2.45, 2.75) is 33.6 Å². The third-order valence-electron chi connectivity index (χ3n) is 6.10. The number of carbonyl (C=O) groups is 2. The van der Waals surface area contributed by atoms with E-state index >= 15 is 0 Å². The maximum Gasteiger partial charge on any atom is 0.347 e. The standard InChI is InChI=1S/C30H26O6/c1-5-33-21-11-13-25-24(15-21)28(18(4)34-25)30(32)35-22-10-12-23-26(16-22)36-27(29(23)31)14-19-6-8-20(9-7-19)17(2)3/h6-17H,5H2,1-4H3. The first-order valence-electron chi connectivity index (χ1n) is 11.9.